The molecule has 0 N–H and O–H groups in total. The van der Waals surface area contributed by atoms with E-state index in [1.165, 1.54) is 0 Å². The Kier molecular flexibility index (Phi) is 5.98. The van der Waals surface area contributed by atoms with Crippen molar-refractivity contribution >= 4 is 22.2 Å². The zero-order valence-electron chi connectivity index (χ0n) is 19.6. The van der Waals surface area contributed by atoms with Crippen LogP contribution in [0, 0.1) is 13.8 Å². The van der Waals surface area contributed by atoms with Crippen LogP contribution >= 0.6 is 11.3 Å². The molecule has 9 nitrogen and oxygen atoms in total. The minimum atomic E-state index is -4.55. The molecule has 0 bridgehead atoms. The molecule has 1 aliphatic heterocycles. The number of hydrogen-bond acceptors (Lipinski definition) is 8. The summed E-state index contributed by atoms with van der Waals surface area (Å²) in [5.74, 6) is 2.22. The second-order valence-corrected chi connectivity index (χ2v) is 10.00. The van der Waals surface area contributed by atoms with E-state index in [1.54, 1.807) is 35.8 Å². The molecule has 2 aliphatic rings. The van der Waals surface area contributed by atoms with Gasteiger partial charge in [-0.15, -0.1) is 0 Å². The van der Waals surface area contributed by atoms with Crippen LogP contribution in [-0.2, 0) is 17.5 Å². The Morgan fingerprint density at radius 2 is 1.86 bits per heavy atom. The standard InChI is InChI=1S/C22H25F3N8OS/c1-12-10-31(6-7-32(12)17(34)11-33-14(3)28-13(2)30-33)20-18(29-21(35-20)22(23,24)25)16-8-26-19(27-9-16)15-4-5-15/h8-9,12,15H,4-7,10-11H2,1-3H3/t12-/m1/s1. The molecule has 1 saturated carbocycles. The van der Waals surface area contributed by atoms with Gasteiger partial charge in [0.2, 0.25) is 10.9 Å². The molecule has 2 fully saturated rings. The Balaban J connectivity index is 1.36. The first-order valence-corrected chi connectivity index (χ1v) is 12.2. The van der Waals surface area contributed by atoms with Crippen LogP contribution in [0.5, 0.6) is 0 Å². The third-order valence-electron chi connectivity index (χ3n) is 6.22. The quantitative estimate of drug-likeness (QED) is 0.523. The molecule has 186 valence electrons. The van der Waals surface area contributed by atoms with Crippen molar-refractivity contribution in [1.29, 1.82) is 0 Å². The number of alkyl halides is 3. The van der Waals surface area contributed by atoms with Gasteiger partial charge >= 0.3 is 6.18 Å². The average Bonchev–Trinajstić information content (AvgIpc) is 3.46. The molecule has 1 saturated heterocycles. The van der Waals surface area contributed by atoms with Crippen LogP contribution in [0.25, 0.3) is 11.3 Å². The third kappa shape index (κ3) is 4.86. The fourth-order valence-corrected chi connectivity index (χ4v) is 5.28. The molecule has 4 heterocycles. The van der Waals surface area contributed by atoms with E-state index >= 15 is 0 Å². The van der Waals surface area contributed by atoms with Gasteiger partial charge in [-0.05, 0) is 33.6 Å². The molecule has 0 spiro atoms. The van der Waals surface area contributed by atoms with Crippen LogP contribution in [0.2, 0.25) is 0 Å². The number of nitrogens with zero attached hydrogens (tertiary/aromatic N) is 8. The molecular formula is C22H25F3N8OS. The summed E-state index contributed by atoms with van der Waals surface area (Å²) >= 11 is 0.618. The summed E-state index contributed by atoms with van der Waals surface area (Å²) in [6.45, 7) is 6.67. The number of halogens is 3. The number of rotatable bonds is 5. The van der Waals surface area contributed by atoms with Crippen molar-refractivity contribution in [3.8, 4) is 11.3 Å². The number of aromatic nitrogens is 6. The lowest BCUT2D eigenvalue weighted by atomic mass is 10.1. The van der Waals surface area contributed by atoms with Crippen molar-refractivity contribution in [2.75, 3.05) is 24.5 Å². The van der Waals surface area contributed by atoms with Gasteiger partial charge in [0.05, 0.1) is 0 Å². The Bertz CT molecular complexity index is 1230. The van der Waals surface area contributed by atoms with E-state index in [0.29, 0.717) is 59.1 Å². The average molecular weight is 507 g/mol. The lowest BCUT2D eigenvalue weighted by molar-refractivity contribution is -0.137. The largest absolute Gasteiger partial charge is 0.443 e. The van der Waals surface area contributed by atoms with E-state index in [9.17, 15) is 18.0 Å². The van der Waals surface area contributed by atoms with Crippen LogP contribution in [0.15, 0.2) is 12.4 Å². The summed E-state index contributed by atoms with van der Waals surface area (Å²) < 4.78 is 42.2. The van der Waals surface area contributed by atoms with E-state index in [0.717, 1.165) is 18.7 Å². The first kappa shape index (κ1) is 23.6. The normalized spacial score (nSPS) is 18.9. The highest BCUT2D eigenvalue weighted by molar-refractivity contribution is 7.16. The molecule has 35 heavy (non-hydrogen) atoms. The predicted octanol–water partition coefficient (Wildman–Crippen LogP) is 3.44. The molecule has 3 aromatic rings. The second-order valence-electron chi connectivity index (χ2n) is 9.02. The van der Waals surface area contributed by atoms with E-state index in [4.69, 9.17) is 0 Å². The van der Waals surface area contributed by atoms with E-state index in [1.807, 2.05) is 11.8 Å². The van der Waals surface area contributed by atoms with Crippen molar-refractivity contribution in [1.82, 2.24) is 34.6 Å². The number of thiazole rings is 1. The zero-order chi connectivity index (χ0) is 24.9. The molecule has 1 atom stereocenters. The Hall–Kier alpha value is -3.09. The molecule has 13 heteroatoms. The van der Waals surface area contributed by atoms with Crippen molar-refractivity contribution < 1.29 is 18.0 Å². The number of carbonyl (C=O) groups excluding carboxylic acids is 1. The number of anilines is 1. The van der Waals surface area contributed by atoms with Crippen LogP contribution in [0.3, 0.4) is 0 Å². The topological polar surface area (TPSA) is 92.9 Å². The first-order chi connectivity index (χ1) is 16.6. The maximum Gasteiger partial charge on any atom is 0.443 e. The monoisotopic (exact) mass is 506 g/mol. The van der Waals surface area contributed by atoms with E-state index in [-0.39, 0.29) is 24.2 Å². The number of piperazine rings is 1. The molecule has 0 aromatic carbocycles. The van der Waals surface area contributed by atoms with Crippen molar-refractivity contribution in [3.05, 3.63) is 34.9 Å². The number of carbonyl (C=O) groups is 1. The Labute approximate surface area is 204 Å². The smallest absolute Gasteiger partial charge is 0.358 e. The van der Waals surface area contributed by atoms with Gasteiger partial charge in [0.1, 0.15) is 34.7 Å². The van der Waals surface area contributed by atoms with Gasteiger partial charge in [0, 0.05) is 49.6 Å². The highest BCUT2D eigenvalue weighted by Crippen LogP contribution is 2.43. The molecule has 3 aromatic heterocycles. The first-order valence-electron chi connectivity index (χ1n) is 11.4. The SMILES string of the molecule is Cc1nc(C)n(CC(=O)N2CCN(c3sc(C(F)(F)F)nc3-c3cnc(C4CC4)nc3)C[C@H]2C)n1. The van der Waals surface area contributed by atoms with Crippen LogP contribution < -0.4 is 4.90 Å². The molecule has 1 amide bonds. The van der Waals surface area contributed by atoms with Crippen molar-refractivity contribution in [2.24, 2.45) is 0 Å². The van der Waals surface area contributed by atoms with Crippen LogP contribution in [0.4, 0.5) is 18.2 Å². The van der Waals surface area contributed by atoms with Gasteiger partial charge < -0.3 is 9.80 Å². The second kappa shape index (κ2) is 8.85. The zero-order valence-corrected chi connectivity index (χ0v) is 20.4. The molecule has 1 aliphatic carbocycles. The highest BCUT2D eigenvalue weighted by Gasteiger charge is 2.38. The maximum absolute atomic E-state index is 13.6. The molecular weight excluding hydrogens is 481 g/mol. The molecule has 5 rings (SSSR count). The fraction of sp³-hybridized carbons (Fsp3) is 0.545. The van der Waals surface area contributed by atoms with Gasteiger partial charge in [0.25, 0.3) is 0 Å². The lowest BCUT2D eigenvalue weighted by Gasteiger charge is -2.40. The summed E-state index contributed by atoms with van der Waals surface area (Å²) in [7, 11) is 0. The summed E-state index contributed by atoms with van der Waals surface area (Å²) in [5, 5.41) is 3.76. The lowest BCUT2D eigenvalue weighted by Crippen LogP contribution is -2.54. The Morgan fingerprint density at radius 1 is 1.14 bits per heavy atom. The summed E-state index contributed by atoms with van der Waals surface area (Å²) in [5.41, 5.74) is 0.685. The van der Waals surface area contributed by atoms with Crippen molar-refractivity contribution in [3.63, 3.8) is 0 Å². The number of amides is 1. The minimum Gasteiger partial charge on any atom is -0.358 e. The number of aryl methyl sites for hydroxylation is 2. The highest BCUT2D eigenvalue weighted by atomic mass is 32.1. The predicted molar refractivity (Wildman–Crippen MR) is 123 cm³/mol. The van der Waals surface area contributed by atoms with Gasteiger partial charge in [0.15, 0.2) is 0 Å². The van der Waals surface area contributed by atoms with E-state index in [2.05, 4.69) is 25.0 Å². The van der Waals surface area contributed by atoms with Crippen molar-refractivity contribution in [2.45, 2.75) is 58.3 Å². The minimum absolute atomic E-state index is 0.0751. The van der Waals surface area contributed by atoms with Gasteiger partial charge in [-0.25, -0.2) is 24.6 Å². The van der Waals surface area contributed by atoms with Gasteiger partial charge in [-0.1, -0.05) is 11.3 Å². The van der Waals surface area contributed by atoms with Crippen LogP contribution in [0.1, 0.15) is 48.2 Å². The maximum atomic E-state index is 13.6. The summed E-state index contributed by atoms with van der Waals surface area (Å²) in [4.78, 5) is 33.4. The number of hydrogen-bond donors (Lipinski definition) is 0. The summed E-state index contributed by atoms with van der Waals surface area (Å²) in [6.07, 6.45) is 0.646. The Morgan fingerprint density at radius 3 is 2.43 bits per heavy atom. The van der Waals surface area contributed by atoms with Gasteiger partial charge in [-0.3, -0.25) is 4.79 Å². The fourth-order valence-electron chi connectivity index (χ4n) is 4.29. The molecule has 0 unspecified atom stereocenters. The third-order valence-corrected chi connectivity index (χ3v) is 7.38. The van der Waals surface area contributed by atoms with E-state index < -0.39 is 11.2 Å². The summed E-state index contributed by atoms with van der Waals surface area (Å²) in [6, 6.07) is -0.209. The van der Waals surface area contributed by atoms with Gasteiger partial charge in [-0.2, -0.15) is 18.3 Å². The molecule has 0 radical (unpaired) electrons. The van der Waals surface area contributed by atoms with Crippen LogP contribution in [-0.4, -0.2) is 66.2 Å².